The molecule has 1 saturated heterocycles. The largest absolute Gasteiger partial charge is 0.352 e. The molecule has 1 heterocycles. The summed E-state index contributed by atoms with van der Waals surface area (Å²) < 4.78 is 25.9. The van der Waals surface area contributed by atoms with E-state index in [1.165, 1.54) is 18.7 Å². The molecule has 2 aromatic carbocycles. The normalized spacial score (nSPS) is 16.2. The summed E-state index contributed by atoms with van der Waals surface area (Å²) in [6, 6.07) is 19.6. The van der Waals surface area contributed by atoms with E-state index < -0.39 is 10.0 Å². The Morgan fingerprint density at radius 3 is 2.30 bits per heavy atom. The van der Waals surface area contributed by atoms with E-state index in [2.05, 4.69) is 22.3 Å². The summed E-state index contributed by atoms with van der Waals surface area (Å²) >= 11 is 0. The van der Waals surface area contributed by atoms with Crippen LogP contribution in [0.5, 0.6) is 0 Å². The van der Waals surface area contributed by atoms with E-state index in [0.717, 1.165) is 47.8 Å². The number of likely N-dealkylation sites (tertiary alicyclic amines) is 1. The highest BCUT2D eigenvalue weighted by molar-refractivity contribution is 7.92. The molecule has 0 bridgehead atoms. The Kier molecular flexibility index (Phi) is 7.79. The van der Waals surface area contributed by atoms with Crippen molar-refractivity contribution in [3.05, 3.63) is 77.2 Å². The van der Waals surface area contributed by atoms with Gasteiger partial charge in [-0.3, -0.25) is 9.69 Å². The van der Waals surface area contributed by atoms with E-state index in [0.29, 0.717) is 0 Å². The van der Waals surface area contributed by atoms with Gasteiger partial charge in [-0.15, -0.1) is 0 Å². The minimum Gasteiger partial charge on any atom is -0.352 e. The second kappa shape index (κ2) is 10.5. The third-order valence-electron chi connectivity index (χ3n) is 5.23. The van der Waals surface area contributed by atoms with Crippen molar-refractivity contribution in [3.8, 4) is 0 Å². The van der Waals surface area contributed by atoms with Crippen molar-refractivity contribution in [1.82, 2.24) is 14.5 Å². The first-order valence-corrected chi connectivity index (χ1v) is 11.7. The quantitative estimate of drug-likeness (QED) is 0.703. The summed E-state index contributed by atoms with van der Waals surface area (Å²) in [5.74, 6) is -0.268. The van der Waals surface area contributed by atoms with Crippen molar-refractivity contribution in [2.24, 2.45) is 0 Å². The second-order valence-corrected chi connectivity index (χ2v) is 9.54. The van der Waals surface area contributed by atoms with Crippen molar-refractivity contribution < 1.29 is 13.2 Å². The monoisotopic (exact) mass is 427 g/mol. The average Bonchev–Trinajstić information content (AvgIpc) is 2.75. The van der Waals surface area contributed by atoms with Crippen LogP contribution in [-0.4, -0.2) is 56.3 Å². The van der Waals surface area contributed by atoms with Gasteiger partial charge in [-0.25, -0.2) is 8.42 Å². The van der Waals surface area contributed by atoms with Crippen molar-refractivity contribution in [2.45, 2.75) is 25.4 Å². The number of nitrogens with zero attached hydrogens (tertiary/aromatic N) is 2. The maximum Gasteiger partial charge on any atom is 0.236 e. The van der Waals surface area contributed by atoms with Gasteiger partial charge in [0.25, 0.3) is 0 Å². The number of nitrogens with one attached hydrogen (secondary N) is 1. The van der Waals surface area contributed by atoms with Crippen molar-refractivity contribution >= 4 is 22.0 Å². The summed E-state index contributed by atoms with van der Waals surface area (Å²) in [6.07, 6.45) is 3.26. The Morgan fingerprint density at radius 2 is 1.67 bits per heavy atom. The predicted octanol–water partition coefficient (Wildman–Crippen LogP) is 2.70. The fourth-order valence-electron chi connectivity index (χ4n) is 3.48. The Balaban J connectivity index is 1.43. The number of hydrogen-bond acceptors (Lipinski definition) is 4. The number of carbonyl (C=O) groups is 1. The summed E-state index contributed by atoms with van der Waals surface area (Å²) in [5.41, 5.74) is 2.08. The fourth-order valence-corrected chi connectivity index (χ4v) is 4.31. The average molecular weight is 428 g/mol. The Bertz CT molecular complexity index is 938. The van der Waals surface area contributed by atoms with E-state index in [-0.39, 0.29) is 18.5 Å². The smallest absolute Gasteiger partial charge is 0.236 e. The molecule has 0 aromatic heterocycles. The topological polar surface area (TPSA) is 69.7 Å². The van der Waals surface area contributed by atoms with Gasteiger partial charge in [0.1, 0.15) is 0 Å². The van der Waals surface area contributed by atoms with E-state index >= 15 is 0 Å². The number of hydrogen-bond donors (Lipinski definition) is 1. The summed E-state index contributed by atoms with van der Waals surface area (Å²) in [7, 11) is -2.23. The van der Waals surface area contributed by atoms with Crippen LogP contribution in [-0.2, 0) is 21.4 Å². The SMILES string of the molecule is CN(CC(=O)NC1CCN(Cc2ccccc2)CC1)S(=O)(=O)C=Cc1ccccc1. The van der Waals surface area contributed by atoms with Crippen LogP contribution in [0.3, 0.4) is 0 Å². The molecule has 6 nitrogen and oxygen atoms in total. The number of carbonyl (C=O) groups excluding carboxylic acids is 1. The van der Waals surface area contributed by atoms with Crippen LogP contribution in [0, 0.1) is 0 Å². The molecule has 0 saturated carbocycles. The number of sulfonamides is 1. The molecule has 2 aromatic rings. The van der Waals surface area contributed by atoms with Gasteiger partial charge in [-0.05, 0) is 30.0 Å². The van der Waals surface area contributed by atoms with Crippen LogP contribution >= 0.6 is 0 Å². The lowest BCUT2D eigenvalue weighted by Gasteiger charge is -2.32. The van der Waals surface area contributed by atoms with Gasteiger partial charge in [0, 0.05) is 38.1 Å². The first-order chi connectivity index (χ1) is 14.4. The molecule has 1 N–H and O–H groups in total. The summed E-state index contributed by atoms with van der Waals surface area (Å²) in [5, 5.41) is 4.12. The van der Waals surface area contributed by atoms with Crippen molar-refractivity contribution in [1.29, 1.82) is 0 Å². The molecular formula is C23H29N3O3S. The minimum absolute atomic E-state index is 0.0838. The Morgan fingerprint density at radius 1 is 1.07 bits per heavy atom. The molecule has 0 aliphatic carbocycles. The third kappa shape index (κ3) is 6.79. The highest BCUT2D eigenvalue weighted by Crippen LogP contribution is 2.14. The number of piperidine rings is 1. The van der Waals surface area contributed by atoms with Gasteiger partial charge in [-0.1, -0.05) is 60.7 Å². The van der Waals surface area contributed by atoms with Crippen LogP contribution in [0.2, 0.25) is 0 Å². The molecule has 7 heteroatoms. The Labute approximate surface area is 179 Å². The molecule has 160 valence electrons. The fraction of sp³-hybridized carbons (Fsp3) is 0.348. The van der Waals surface area contributed by atoms with Gasteiger partial charge in [0.2, 0.25) is 15.9 Å². The molecule has 1 aliphatic heterocycles. The van der Waals surface area contributed by atoms with Crippen LogP contribution in [0.15, 0.2) is 66.1 Å². The van der Waals surface area contributed by atoms with Crippen LogP contribution in [0.1, 0.15) is 24.0 Å². The maximum atomic E-state index is 12.4. The molecular weight excluding hydrogens is 398 g/mol. The lowest BCUT2D eigenvalue weighted by atomic mass is 10.0. The zero-order chi connectivity index (χ0) is 21.4. The number of rotatable bonds is 8. The molecule has 1 fully saturated rings. The molecule has 0 spiro atoms. The van der Waals surface area contributed by atoms with Crippen molar-refractivity contribution in [2.75, 3.05) is 26.7 Å². The van der Waals surface area contributed by atoms with E-state index in [1.54, 1.807) is 0 Å². The van der Waals surface area contributed by atoms with Gasteiger partial charge in [-0.2, -0.15) is 4.31 Å². The first-order valence-electron chi connectivity index (χ1n) is 10.2. The van der Waals surface area contributed by atoms with Gasteiger partial charge in [0.05, 0.1) is 6.54 Å². The lowest BCUT2D eigenvalue weighted by molar-refractivity contribution is -0.122. The molecule has 0 unspecified atom stereocenters. The van der Waals surface area contributed by atoms with Crippen LogP contribution in [0.4, 0.5) is 0 Å². The predicted molar refractivity (Wildman–Crippen MR) is 120 cm³/mol. The number of likely N-dealkylation sites (N-methyl/N-ethyl adjacent to an activating group) is 1. The molecule has 30 heavy (non-hydrogen) atoms. The van der Waals surface area contributed by atoms with Gasteiger partial charge < -0.3 is 5.32 Å². The van der Waals surface area contributed by atoms with E-state index in [1.807, 2.05) is 48.5 Å². The van der Waals surface area contributed by atoms with E-state index in [9.17, 15) is 13.2 Å². The van der Waals surface area contributed by atoms with E-state index in [4.69, 9.17) is 0 Å². The zero-order valence-electron chi connectivity index (χ0n) is 17.3. The highest BCUT2D eigenvalue weighted by atomic mass is 32.2. The van der Waals surface area contributed by atoms with Crippen LogP contribution in [0.25, 0.3) is 6.08 Å². The minimum atomic E-state index is -3.65. The molecule has 3 rings (SSSR count). The molecule has 0 radical (unpaired) electrons. The van der Waals surface area contributed by atoms with Gasteiger partial charge in [0.15, 0.2) is 0 Å². The van der Waals surface area contributed by atoms with Crippen molar-refractivity contribution in [3.63, 3.8) is 0 Å². The zero-order valence-corrected chi connectivity index (χ0v) is 18.1. The lowest BCUT2D eigenvalue weighted by Crippen LogP contribution is -2.47. The first kappa shape index (κ1) is 22.2. The highest BCUT2D eigenvalue weighted by Gasteiger charge is 2.23. The number of benzene rings is 2. The molecule has 1 amide bonds. The summed E-state index contributed by atoms with van der Waals surface area (Å²) in [6.45, 7) is 2.55. The maximum absolute atomic E-state index is 12.4. The number of amides is 1. The second-order valence-electron chi connectivity index (χ2n) is 7.62. The summed E-state index contributed by atoms with van der Waals surface area (Å²) in [4.78, 5) is 14.7. The Hall–Kier alpha value is -2.48. The van der Waals surface area contributed by atoms with Gasteiger partial charge >= 0.3 is 0 Å². The molecule has 0 atom stereocenters. The standard InChI is InChI=1S/C23H29N3O3S/c1-25(30(28,29)17-14-20-8-4-2-5-9-20)19-23(27)24-22-12-15-26(16-13-22)18-21-10-6-3-7-11-21/h2-11,14,17,22H,12-13,15-16,18-19H2,1H3,(H,24,27). The third-order valence-corrected chi connectivity index (χ3v) is 6.71. The van der Waals surface area contributed by atoms with Crippen LogP contribution < -0.4 is 5.32 Å². The molecule has 1 aliphatic rings.